The minimum absolute atomic E-state index is 0.0854. The van der Waals surface area contributed by atoms with Crippen molar-refractivity contribution >= 4 is 11.5 Å². The normalized spacial score (nSPS) is 13.1. The monoisotopic (exact) mass is 369 g/mol. The zero-order valence-corrected chi connectivity index (χ0v) is 16.5. The summed E-state index contributed by atoms with van der Waals surface area (Å²) in [4.78, 5) is 25.4. The SMILES string of the molecule is C=CCCn1cc(C#CC(C)(C)CO)c2c(c1=O)CC(C)=C2C(=O)OCC. The summed E-state index contributed by atoms with van der Waals surface area (Å²) in [5.41, 5.74) is 2.31. The second kappa shape index (κ2) is 8.41. The number of aliphatic hydroxyl groups is 1. The third-order valence-corrected chi connectivity index (χ3v) is 4.48. The largest absolute Gasteiger partial charge is 0.462 e. The van der Waals surface area contributed by atoms with Crippen molar-refractivity contribution in [3.8, 4) is 11.8 Å². The van der Waals surface area contributed by atoms with E-state index in [1.54, 1.807) is 23.8 Å². The van der Waals surface area contributed by atoms with E-state index in [4.69, 9.17) is 4.74 Å². The summed E-state index contributed by atoms with van der Waals surface area (Å²) in [5, 5.41) is 9.48. The van der Waals surface area contributed by atoms with Crippen molar-refractivity contribution in [1.82, 2.24) is 4.57 Å². The molecule has 0 bridgehead atoms. The fraction of sp³-hybridized carbons (Fsp3) is 0.455. The highest BCUT2D eigenvalue weighted by Gasteiger charge is 2.31. The molecule has 1 heterocycles. The summed E-state index contributed by atoms with van der Waals surface area (Å²) in [6.07, 6.45) is 4.52. The molecule has 0 radical (unpaired) electrons. The number of aliphatic hydroxyl groups excluding tert-OH is 1. The zero-order chi connectivity index (χ0) is 20.2. The Morgan fingerprint density at radius 2 is 2.19 bits per heavy atom. The molecule has 144 valence electrons. The number of pyridine rings is 1. The number of hydrogen-bond donors (Lipinski definition) is 1. The molecule has 5 nitrogen and oxygen atoms in total. The molecule has 0 unspecified atom stereocenters. The molecule has 27 heavy (non-hydrogen) atoms. The zero-order valence-electron chi connectivity index (χ0n) is 16.5. The maximum Gasteiger partial charge on any atom is 0.338 e. The first-order chi connectivity index (χ1) is 12.8. The highest BCUT2D eigenvalue weighted by atomic mass is 16.5. The number of fused-ring (bicyclic) bond motifs is 1. The van der Waals surface area contributed by atoms with Crippen LogP contribution in [0.5, 0.6) is 0 Å². The first-order valence-corrected chi connectivity index (χ1v) is 9.14. The van der Waals surface area contributed by atoms with Gasteiger partial charge in [-0.3, -0.25) is 4.79 Å². The predicted octanol–water partition coefficient (Wildman–Crippen LogP) is 2.69. The summed E-state index contributed by atoms with van der Waals surface area (Å²) >= 11 is 0. The topological polar surface area (TPSA) is 68.5 Å². The summed E-state index contributed by atoms with van der Waals surface area (Å²) in [7, 11) is 0. The van der Waals surface area contributed by atoms with Crippen molar-refractivity contribution in [2.75, 3.05) is 13.2 Å². The quantitative estimate of drug-likeness (QED) is 0.476. The van der Waals surface area contributed by atoms with Crippen LogP contribution in [-0.2, 0) is 22.5 Å². The van der Waals surface area contributed by atoms with Crippen LogP contribution in [0.2, 0.25) is 0 Å². The van der Waals surface area contributed by atoms with E-state index >= 15 is 0 Å². The standard InChI is InChI=1S/C22H27NO4/c1-6-8-11-23-13-16(9-10-22(4,5)14-24)19-17(20(23)25)12-15(3)18(19)21(26)27-7-2/h6,13,24H,1,7-8,11-12,14H2,2-5H3. The fourth-order valence-electron chi connectivity index (χ4n) is 2.99. The number of allylic oxidation sites excluding steroid dienone is 2. The number of esters is 1. The van der Waals surface area contributed by atoms with E-state index in [-0.39, 0.29) is 18.8 Å². The van der Waals surface area contributed by atoms with Crippen molar-refractivity contribution in [2.24, 2.45) is 5.41 Å². The Kier molecular flexibility index (Phi) is 6.45. The van der Waals surface area contributed by atoms with Gasteiger partial charge in [0, 0.05) is 41.3 Å². The van der Waals surface area contributed by atoms with Crippen LogP contribution in [0.25, 0.3) is 5.57 Å². The minimum atomic E-state index is -0.587. The van der Waals surface area contributed by atoms with Crippen molar-refractivity contribution < 1.29 is 14.6 Å². The van der Waals surface area contributed by atoms with E-state index < -0.39 is 11.4 Å². The molecule has 1 aliphatic carbocycles. The van der Waals surface area contributed by atoms with Gasteiger partial charge in [-0.15, -0.1) is 6.58 Å². The van der Waals surface area contributed by atoms with Gasteiger partial charge in [-0.25, -0.2) is 4.79 Å². The number of hydrogen-bond acceptors (Lipinski definition) is 4. The molecule has 0 amide bonds. The maximum absolute atomic E-state index is 12.9. The Labute approximate surface area is 160 Å². The molecule has 0 atom stereocenters. The Hall–Kier alpha value is -2.58. The number of aryl methyl sites for hydroxylation is 1. The van der Waals surface area contributed by atoms with E-state index in [9.17, 15) is 14.7 Å². The third-order valence-electron chi connectivity index (χ3n) is 4.48. The van der Waals surface area contributed by atoms with E-state index in [1.807, 2.05) is 20.8 Å². The summed E-state index contributed by atoms with van der Waals surface area (Å²) in [5.74, 6) is 5.71. The molecule has 0 spiro atoms. The third kappa shape index (κ3) is 4.40. The lowest BCUT2D eigenvalue weighted by atomic mass is 9.94. The van der Waals surface area contributed by atoms with E-state index in [0.717, 1.165) is 5.57 Å². The van der Waals surface area contributed by atoms with Gasteiger partial charge in [0.25, 0.3) is 5.56 Å². The van der Waals surface area contributed by atoms with Gasteiger partial charge in [0.2, 0.25) is 0 Å². The number of ether oxygens (including phenoxy) is 1. The molecular formula is C22H27NO4. The van der Waals surface area contributed by atoms with Gasteiger partial charge < -0.3 is 14.4 Å². The van der Waals surface area contributed by atoms with Gasteiger partial charge in [-0.2, -0.15) is 0 Å². The Morgan fingerprint density at radius 3 is 2.78 bits per heavy atom. The van der Waals surface area contributed by atoms with Crippen LogP contribution in [-0.4, -0.2) is 28.9 Å². The average molecular weight is 369 g/mol. The summed E-state index contributed by atoms with van der Waals surface area (Å²) in [6, 6.07) is 0. The van der Waals surface area contributed by atoms with Crippen molar-refractivity contribution in [1.29, 1.82) is 0 Å². The molecule has 0 saturated carbocycles. The van der Waals surface area contributed by atoms with E-state index in [2.05, 4.69) is 18.4 Å². The molecule has 1 N–H and O–H groups in total. The van der Waals surface area contributed by atoms with Crippen LogP contribution in [0.15, 0.2) is 29.2 Å². The molecule has 0 aliphatic heterocycles. The van der Waals surface area contributed by atoms with Gasteiger partial charge in [0.05, 0.1) is 18.8 Å². The summed E-state index contributed by atoms with van der Waals surface area (Å²) < 4.78 is 6.83. The predicted molar refractivity (Wildman–Crippen MR) is 106 cm³/mol. The molecule has 0 aromatic carbocycles. The molecule has 0 saturated heterocycles. The minimum Gasteiger partial charge on any atom is -0.462 e. The smallest absolute Gasteiger partial charge is 0.338 e. The van der Waals surface area contributed by atoms with Crippen LogP contribution in [0, 0.1) is 17.3 Å². The number of carbonyl (C=O) groups excluding carboxylic acids is 1. The van der Waals surface area contributed by atoms with Gasteiger partial charge >= 0.3 is 5.97 Å². The van der Waals surface area contributed by atoms with Crippen molar-refractivity contribution in [2.45, 2.75) is 47.1 Å². The van der Waals surface area contributed by atoms with E-state index in [1.165, 1.54) is 0 Å². The first kappa shape index (κ1) is 20.7. The lowest BCUT2D eigenvalue weighted by Crippen LogP contribution is -2.25. The lowest BCUT2D eigenvalue weighted by molar-refractivity contribution is -0.136. The number of carbonyl (C=O) groups is 1. The van der Waals surface area contributed by atoms with Crippen LogP contribution in [0.3, 0.4) is 0 Å². The molecular weight excluding hydrogens is 342 g/mol. The number of nitrogens with zero attached hydrogens (tertiary/aromatic N) is 1. The Morgan fingerprint density at radius 1 is 1.48 bits per heavy atom. The van der Waals surface area contributed by atoms with Gasteiger partial charge in [-0.1, -0.05) is 23.5 Å². The Bertz CT molecular complexity index is 907. The van der Waals surface area contributed by atoms with E-state index in [0.29, 0.717) is 41.6 Å². The molecule has 1 aromatic rings. The number of aromatic nitrogens is 1. The van der Waals surface area contributed by atoms with Crippen LogP contribution >= 0.6 is 0 Å². The highest BCUT2D eigenvalue weighted by molar-refractivity contribution is 6.19. The fourth-order valence-corrected chi connectivity index (χ4v) is 2.99. The van der Waals surface area contributed by atoms with Crippen molar-refractivity contribution in [3.05, 3.63) is 51.5 Å². The molecule has 5 heteroatoms. The van der Waals surface area contributed by atoms with Crippen LogP contribution in [0.1, 0.15) is 50.8 Å². The van der Waals surface area contributed by atoms with Crippen molar-refractivity contribution in [3.63, 3.8) is 0 Å². The van der Waals surface area contributed by atoms with Gasteiger partial charge in [-0.05, 0) is 34.1 Å². The lowest BCUT2D eigenvalue weighted by Gasteiger charge is -2.14. The van der Waals surface area contributed by atoms with Gasteiger partial charge in [0.1, 0.15) is 0 Å². The molecule has 1 aliphatic rings. The maximum atomic E-state index is 12.9. The Balaban J connectivity index is 2.70. The summed E-state index contributed by atoms with van der Waals surface area (Å²) in [6.45, 7) is 11.6. The second-order valence-electron chi connectivity index (χ2n) is 7.32. The highest BCUT2D eigenvalue weighted by Crippen LogP contribution is 2.34. The molecule has 1 aromatic heterocycles. The number of rotatable bonds is 6. The van der Waals surface area contributed by atoms with Crippen LogP contribution in [0.4, 0.5) is 0 Å². The van der Waals surface area contributed by atoms with Crippen LogP contribution < -0.4 is 5.56 Å². The second-order valence-corrected chi connectivity index (χ2v) is 7.32. The average Bonchev–Trinajstić information content (AvgIpc) is 2.98. The van der Waals surface area contributed by atoms with Gasteiger partial charge in [0.15, 0.2) is 0 Å². The first-order valence-electron chi connectivity index (χ1n) is 9.14. The molecule has 2 rings (SSSR count). The molecule has 0 fully saturated rings.